The monoisotopic (exact) mass is 186 g/mol. The second-order valence-electron chi connectivity index (χ2n) is 4.32. The number of nitrogens with two attached hydrogens (primary N) is 1. The van der Waals surface area contributed by atoms with Crippen LogP contribution in [0.1, 0.15) is 19.3 Å². The highest BCUT2D eigenvalue weighted by Crippen LogP contribution is 1.95. The zero-order valence-electron chi connectivity index (χ0n) is 8.43. The van der Waals surface area contributed by atoms with Gasteiger partial charge in [0.15, 0.2) is 6.10 Å². The zero-order chi connectivity index (χ0) is 8.93. The Balaban J connectivity index is 1.69. The van der Waals surface area contributed by atoms with E-state index in [9.17, 15) is 0 Å². The average Bonchev–Trinajstić information content (AvgIpc) is 2.21. The van der Waals surface area contributed by atoms with Gasteiger partial charge in [0.1, 0.15) is 13.1 Å². The van der Waals surface area contributed by atoms with Crippen molar-refractivity contribution in [3.8, 4) is 0 Å². The minimum atomic E-state index is 0.529. The van der Waals surface area contributed by atoms with Gasteiger partial charge in [0.2, 0.25) is 0 Å². The van der Waals surface area contributed by atoms with Gasteiger partial charge in [-0.1, -0.05) is 0 Å². The van der Waals surface area contributed by atoms with E-state index in [1.54, 1.807) is 4.90 Å². The smallest absolute Gasteiger partial charge is 0.155 e. The summed E-state index contributed by atoms with van der Waals surface area (Å²) in [5.74, 6) is 0. The number of piperidine rings is 1. The molecule has 0 aromatic heterocycles. The molecule has 0 aromatic rings. The van der Waals surface area contributed by atoms with Crippen molar-refractivity contribution in [1.29, 1.82) is 0 Å². The Labute approximate surface area is 80.4 Å². The predicted molar refractivity (Wildman–Crippen MR) is 50.8 cm³/mol. The zero-order valence-corrected chi connectivity index (χ0v) is 8.43. The van der Waals surface area contributed by atoms with E-state index in [1.807, 2.05) is 0 Å². The topological polar surface area (TPSA) is 30.3 Å². The molecule has 0 unspecified atom stereocenters. The largest absolute Gasteiger partial charge is 0.361 e. The number of ether oxygens (including phenoxy) is 1. The summed E-state index contributed by atoms with van der Waals surface area (Å²) in [6, 6.07) is 0. The molecule has 0 spiro atoms. The SMILES string of the molecule is C1CC[NH+](C[C@H]2C[NH2+]CCO2)CC1. The standard InChI is InChI=1S/C10H20N2O/c1-2-5-12(6-3-1)9-10-8-11-4-7-13-10/h10-11H,1-9H2/p+2/t10-/m1/s1. The number of morpholine rings is 1. The lowest BCUT2D eigenvalue weighted by Crippen LogP contribution is -3.14. The van der Waals surface area contributed by atoms with Gasteiger partial charge in [-0.05, 0) is 19.3 Å². The van der Waals surface area contributed by atoms with Crippen molar-refractivity contribution in [2.45, 2.75) is 25.4 Å². The Kier molecular flexibility index (Phi) is 3.58. The van der Waals surface area contributed by atoms with Gasteiger partial charge in [0, 0.05) is 0 Å². The van der Waals surface area contributed by atoms with E-state index in [4.69, 9.17) is 4.74 Å². The maximum atomic E-state index is 5.73. The minimum Gasteiger partial charge on any atom is -0.361 e. The van der Waals surface area contributed by atoms with Crippen molar-refractivity contribution in [2.24, 2.45) is 0 Å². The molecule has 0 saturated carbocycles. The fourth-order valence-electron chi connectivity index (χ4n) is 2.41. The summed E-state index contributed by atoms with van der Waals surface area (Å²) in [6.45, 7) is 7.30. The van der Waals surface area contributed by atoms with Crippen LogP contribution in [0.3, 0.4) is 0 Å². The Hall–Kier alpha value is -0.120. The third-order valence-electron chi connectivity index (χ3n) is 3.18. The van der Waals surface area contributed by atoms with Crippen LogP contribution in [0.4, 0.5) is 0 Å². The van der Waals surface area contributed by atoms with Crippen LogP contribution in [0.15, 0.2) is 0 Å². The van der Waals surface area contributed by atoms with Gasteiger partial charge in [-0.25, -0.2) is 0 Å². The summed E-state index contributed by atoms with van der Waals surface area (Å²) in [5.41, 5.74) is 0. The highest BCUT2D eigenvalue weighted by molar-refractivity contribution is 4.57. The molecule has 2 aliphatic heterocycles. The Morgan fingerprint density at radius 1 is 1.23 bits per heavy atom. The van der Waals surface area contributed by atoms with Gasteiger partial charge in [-0.2, -0.15) is 0 Å². The van der Waals surface area contributed by atoms with Crippen LogP contribution >= 0.6 is 0 Å². The third-order valence-corrected chi connectivity index (χ3v) is 3.18. The van der Waals surface area contributed by atoms with Crippen molar-refractivity contribution in [2.75, 3.05) is 39.3 Å². The lowest BCUT2D eigenvalue weighted by atomic mass is 10.1. The van der Waals surface area contributed by atoms with Crippen LogP contribution < -0.4 is 10.2 Å². The van der Waals surface area contributed by atoms with Crippen LogP contribution in [0.2, 0.25) is 0 Å². The van der Waals surface area contributed by atoms with Crippen LogP contribution in [0.5, 0.6) is 0 Å². The van der Waals surface area contributed by atoms with Gasteiger partial charge in [0.25, 0.3) is 0 Å². The third kappa shape index (κ3) is 2.93. The second-order valence-corrected chi connectivity index (χ2v) is 4.32. The molecule has 13 heavy (non-hydrogen) atoms. The van der Waals surface area contributed by atoms with E-state index in [-0.39, 0.29) is 0 Å². The molecule has 1 atom stereocenters. The van der Waals surface area contributed by atoms with E-state index in [0.29, 0.717) is 6.10 Å². The van der Waals surface area contributed by atoms with Crippen molar-refractivity contribution < 1.29 is 15.0 Å². The first-order valence-electron chi connectivity index (χ1n) is 5.72. The summed E-state index contributed by atoms with van der Waals surface area (Å²) in [6.07, 6.45) is 4.82. The summed E-state index contributed by atoms with van der Waals surface area (Å²) in [5, 5.41) is 2.39. The highest BCUT2D eigenvalue weighted by atomic mass is 16.5. The van der Waals surface area contributed by atoms with E-state index in [2.05, 4.69) is 5.32 Å². The molecule has 3 nitrogen and oxygen atoms in total. The fraction of sp³-hybridized carbons (Fsp3) is 1.00. The summed E-state index contributed by atoms with van der Waals surface area (Å²) >= 11 is 0. The van der Waals surface area contributed by atoms with Gasteiger partial charge >= 0.3 is 0 Å². The second kappa shape index (κ2) is 4.94. The van der Waals surface area contributed by atoms with Gasteiger partial charge in [-0.3, -0.25) is 0 Å². The maximum Gasteiger partial charge on any atom is 0.155 e. The minimum absolute atomic E-state index is 0.529. The van der Waals surface area contributed by atoms with Crippen molar-refractivity contribution in [3.05, 3.63) is 0 Å². The van der Waals surface area contributed by atoms with Crippen molar-refractivity contribution in [1.82, 2.24) is 0 Å². The first-order valence-corrected chi connectivity index (χ1v) is 5.72. The molecule has 0 radical (unpaired) electrons. The first-order chi connectivity index (χ1) is 6.45. The normalized spacial score (nSPS) is 31.8. The lowest BCUT2D eigenvalue weighted by molar-refractivity contribution is -0.910. The Morgan fingerprint density at radius 2 is 2.08 bits per heavy atom. The molecule has 2 heterocycles. The summed E-state index contributed by atoms with van der Waals surface area (Å²) < 4.78 is 5.73. The van der Waals surface area contributed by atoms with E-state index < -0.39 is 0 Å². The summed E-state index contributed by atoms with van der Waals surface area (Å²) in [7, 11) is 0. The number of hydrogen-bond donors (Lipinski definition) is 2. The number of quaternary nitrogens is 2. The molecule has 2 saturated heterocycles. The van der Waals surface area contributed by atoms with Crippen LogP contribution in [0, 0.1) is 0 Å². The molecular weight excluding hydrogens is 164 g/mol. The molecule has 2 rings (SSSR count). The quantitative estimate of drug-likeness (QED) is 0.514. The van der Waals surface area contributed by atoms with Gasteiger partial charge < -0.3 is 15.0 Å². The highest BCUT2D eigenvalue weighted by Gasteiger charge is 2.23. The average molecular weight is 186 g/mol. The van der Waals surface area contributed by atoms with Crippen LogP contribution in [-0.4, -0.2) is 45.4 Å². The first kappa shape index (κ1) is 9.44. The predicted octanol–water partition coefficient (Wildman–Crippen LogP) is -1.98. The van der Waals surface area contributed by atoms with E-state index in [1.165, 1.54) is 45.4 Å². The van der Waals surface area contributed by atoms with Crippen molar-refractivity contribution >= 4 is 0 Å². The molecule has 0 bridgehead atoms. The molecule has 0 aliphatic carbocycles. The molecular formula is C10H22N2O+2. The maximum absolute atomic E-state index is 5.73. The number of hydrogen-bond acceptors (Lipinski definition) is 1. The van der Waals surface area contributed by atoms with E-state index >= 15 is 0 Å². The van der Waals surface area contributed by atoms with Crippen molar-refractivity contribution in [3.63, 3.8) is 0 Å². The van der Waals surface area contributed by atoms with E-state index in [0.717, 1.165) is 13.2 Å². The summed E-state index contributed by atoms with van der Waals surface area (Å²) in [4.78, 5) is 1.77. The molecule has 3 N–H and O–H groups in total. The lowest BCUT2D eigenvalue weighted by Gasteiger charge is -2.28. The Morgan fingerprint density at radius 3 is 2.77 bits per heavy atom. The van der Waals surface area contributed by atoms with Crippen LogP contribution in [-0.2, 0) is 4.74 Å². The fourth-order valence-corrected chi connectivity index (χ4v) is 2.41. The molecule has 0 amide bonds. The number of rotatable bonds is 2. The molecule has 76 valence electrons. The number of nitrogens with one attached hydrogen (secondary N) is 1. The van der Waals surface area contributed by atoms with Gasteiger partial charge in [-0.15, -0.1) is 0 Å². The van der Waals surface area contributed by atoms with Gasteiger partial charge in [0.05, 0.1) is 26.2 Å². The molecule has 3 heteroatoms. The number of likely N-dealkylation sites (tertiary alicyclic amines) is 1. The molecule has 0 aromatic carbocycles. The Bertz CT molecular complexity index is 124. The van der Waals surface area contributed by atoms with Crippen LogP contribution in [0.25, 0.3) is 0 Å². The molecule has 2 fully saturated rings. The molecule has 2 aliphatic rings.